The zero-order valence-corrected chi connectivity index (χ0v) is 12.7. The molecule has 4 nitrogen and oxygen atoms in total. The summed E-state index contributed by atoms with van der Waals surface area (Å²) < 4.78 is 11.3. The Kier molecular flexibility index (Phi) is 7.22. The highest BCUT2D eigenvalue weighted by Crippen LogP contribution is 2.24. The fourth-order valence-corrected chi connectivity index (χ4v) is 1.82. The van der Waals surface area contributed by atoms with Crippen LogP contribution in [0.1, 0.15) is 12.5 Å². The molecule has 0 aromatic heterocycles. The lowest BCUT2D eigenvalue weighted by Crippen LogP contribution is -2.24. The first kappa shape index (κ1) is 15.7. The fraction of sp³-hybridized carbons (Fsp3) is 0.357. The van der Waals surface area contributed by atoms with E-state index in [-0.39, 0.29) is 5.91 Å². The van der Waals surface area contributed by atoms with Gasteiger partial charge in [0.15, 0.2) is 0 Å². The molecule has 0 heterocycles. The van der Waals surface area contributed by atoms with Crippen molar-refractivity contribution < 1.29 is 14.3 Å². The van der Waals surface area contributed by atoms with Crippen LogP contribution < -0.4 is 10.1 Å². The molecule has 0 aliphatic heterocycles. The Morgan fingerprint density at radius 2 is 2.26 bits per heavy atom. The summed E-state index contributed by atoms with van der Waals surface area (Å²) in [5.41, 5.74) is 0.859. The van der Waals surface area contributed by atoms with Crippen LogP contribution in [-0.4, -0.2) is 32.8 Å². The van der Waals surface area contributed by atoms with Gasteiger partial charge in [0.05, 0.1) is 13.2 Å². The molecule has 0 aliphatic rings. The Bertz CT molecular complexity index is 446. The molecular formula is C14H18BrNO3. The van der Waals surface area contributed by atoms with E-state index in [0.717, 1.165) is 15.8 Å². The maximum Gasteiger partial charge on any atom is 0.244 e. The van der Waals surface area contributed by atoms with E-state index in [0.29, 0.717) is 19.8 Å². The quantitative estimate of drug-likeness (QED) is 0.618. The van der Waals surface area contributed by atoms with Crippen LogP contribution in [0.4, 0.5) is 0 Å². The molecule has 104 valence electrons. The summed E-state index contributed by atoms with van der Waals surface area (Å²) in [7, 11) is 1.60. The highest BCUT2D eigenvalue weighted by Gasteiger charge is 2.02. The average molecular weight is 328 g/mol. The molecule has 19 heavy (non-hydrogen) atoms. The van der Waals surface area contributed by atoms with Gasteiger partial charge in [-0.25, -0.2) is 0 Å². The van der Waals surface area contributed by atoms with Gasteiger partial charge in [-0.2, -0.15) is 0 Å². The highest BCUT2D eigenvalue weighted by molar-refractivity contribution is 9.10. The van der Waals surface area contributed by atoms with Crippen molar-refractivity contribution in [3.63, 3.8) is 0 Å². The van der Waals surface area contributed by atoms with Gasteiger partial charge in [-0.3, -0.25) is 4.79 Å². The number of rotatable bonds is 7. The van der Waals surface area contributed by atoms with Crippen LogP contribution in [0.5, 0.6) is 5.75 Å². The molecule has 0 radical (unpaired) electrons. The molecule has 0 fully saturated rings. The van der Waals surface area contributed by atoms with Crippen LogP contribution in [0.15, 0.2) is 28.7 Å². The molecule has 0 spiro atoms. The molecule has 0 atom stereocenters. The van der Waals surface area contributed by atoms with Crippen LogP contribution in [0, 0.1) is 0 Å². The Morgan fingerprint density at radius 1 is 1.47 bits per heavy atom. The second-order valence-corrected chi connectivity index (χ2v) is 4.65. The largest absolute Gasteiger partial charge is 0.493 e. The Hall–Kier alpha value is -1.33. The first-order valence-corrected chi connectivity index (χ1v) is 6.84. The van der Waals surface area contributed by atoms with Crippen molar-refractivity contribution in [1.82, 2.24) is 5.32 Å². The normalized spacial score (nSPS) is 10.7. The van der Waals surface area contributed by atoms with Gasteiger partial charge in [0.25, 0.3) is 0 Å². The predicted molar refractivity (Wildman–Crippen MR) is 79.2 cm³/mol. The molecule has 0 bridgehead atoms. The minimum Gasteiger partial charge on any atom is -0.493 e. The van der Waals surface area contributed by atoms with Gasteiger partial charge < -0.3 is 14.8 Å². The van der Waals surface area contributed by atoms with Crippen molar-refractivity contribution in [3.05, 3.63) is 34.3 Å². The van der Waals surface area contributed by atoms with E-state index in [1.165, 1.54) is 6.08 Å². The molecule has 0 saturated heterocycles. The Labute approximate surface area is 121 Å². The summed E-state index contributed by atoms with van der Waals surface area (Å²) in [6.45, 7) is 3.51. The second kappa shape index (κ2) is 8.72. The summed E-state index contributed by atoms with van der Waals surface area (Å²) in [6.07, 6.45) is 3.22. The Balaban J connectivity index is 2.68. The smallest absolute Gasteiger partial charge is 0.244 e. The van der Waals surface area contributed by atoms with Gasteiger partial charge in [-0.1, -0.05) is 15.9 Å². The number of methoxy groups -OCH3 is 1. The number of nitrogens with one attached hydrogen (secondary N) is 1. The van der Waals surface area contributed by atoms with Gasteiger partial charge in [-0.05, 0) is 31.2 Å². The maximum atomic E-state index is 11.5. The molecule has 1 N–H and O–H groups in total. The van der Waals surface area contributed by atoms with E-state index in [1.807, 2.05) is 25.1 Å². The molecule has 5 heteroatoms. The summed E-state index contributed by atoms with van der Waals surface area (Å²) in [5, 5.41) is 2.72. The predicted octanol–water partition coefficient (Wildman–Crippen LogP) is 2.62. The van der Waals surface area contributed by atoms with Crippen LogP contribution >= 0.6 is 15.9 Å². The zero-order chi connectivity index (χ0) is 14.1. The molecule has 1 aromatic carbocycles. The maximum absolute atomic E-state index is 11.5. The van der Waals surface area contributed by atoms with E-state index in [4.69, 9.17) is 9.47 Å². The minimum absolute atomic E-state index is 0.153. The van der Waals surface area contributed by atoms with Crippen molar-refractivity contribution >= 4 is 27.9 Å². The van der Waals surface area contributed by atoms with Crippen molar-refractivity contribution in [2.75, 3.05) is 26.9 Å². The van der Waals surface area contributed by atoms with E-state index in [9.17, 15) is 4.79 Å². The monoisotopic (exact) mass is 327 g/mol. The molecule has 0 saturated carbocycles. The number of carbonyl (C=O) groups excluding carboxylic acids is 1. The number of hydrogen-bond acceptors (Lipinski definition) is 3. The Morgan fingerprint density at radius 3 is 2.95 bits per heavy atom. The average Bonchev–Trinajstić information content (AvgIpc) is 2.39. The third-order valence-electron chi connectivity index (χ3n) is 2.29. The van der Waals surface area contributed by atoms with E-state index in [1.54, 1.807) is 13.2 Å². The van der Waals surface area contributed by atoms with Gasteiger partial charge in [-0.15, -0.1) is 0 Å². The SMILES string of the molecule is CCOc1ccc(Br)cc1/C=C/C(=O)NCCOC. The van der Waals surface area contributed by atoms with Crippen molar-refractivity contribution in [2.24, 2.45) is 0 Å². The number of carbonyl (C=O) groups is 1. The van der Waals surface area contributed by atoms with E-state index in [2.05, 4.69) is 21.2 Å². The van der Waals surface area contributed by atoms with Crippen LogP contribution in [0.2, 0.25) is 0 Å². The molecule has 0 unspecified atom stereocenters. The summed E-state index contributed by atoms with van der Waals surface area (Å²) >= 11 is 3.40. The highest BCUT2D eigenvalue weighted by atomic mass is 79.9. The van der Waals surface area contributed by atoms with Gasteiger partial charge in [0.1, 0.15) is 5.75 Å². The molecule has 1 amide bonds. The number of halogens is 1. The van der Waals surface area contributed by atoms with Gasteiger partial charge in [0, 0.05) is 29.8 Å². The third-order valence-corrected chi connectivity index (χ3v) is 2.78. The number of hydrogen-bond donors (Lipinski definition) is 1. The van der Waals surface area contributed by atoms with Crippen molar-refractivity contribution in [2.45, 2.75) is 6.92 Å². The lowest BCUT2D eigenvalue weighted by atomic mass is 10.2. The first-order valence-electron chi connectivity index (χ1n) is 6.04. The molecular weight excluding hydrogens is 310 g/mol. The third kappa shape index (κ3) is 5.89. The summed E-state index contributed by atoms with van der Waals surface area (Å²) in [6, 6.07) is 5.68. The molecule has 1 rings (SSSR count). The topological polar surface area (TPSA) is 47.6 Å². The van der Waals surface area contributed by atoms with Gasteiger partial charge >= 0.3 is 0 Å². The summed E-state index contributed by atoms with van der Waals surface area (Å²) in [4.78, 5) is 11.5. The van der Waals surface area contributed by atoms with Crippen molar-refractivity contribution in [3.8, 4) is 5.75 Å². The lowest BCUT2D eigenvalue weighted by molar-refractivity contribution is -0.116. The zero-order valence-electron chi connectivity index (χ0n) is 11.1. The number of amides is 1. The van der Waals surface area contributed by atoms with Crippen LogP contribution in [0.25, 0.3) is 6.08 Å². The van der Waals surface area contributed by atoms with E-state index >= 15 is 0 Å². The second-order valence-electron chi connectivity index (χ2n) is 3.73. The van der Waals surface area contributed by atoms with Crippen LogP contribution in [-0.2, 0) is 9.53 Å². The van der Waals surface area contributed by atoms with Gasteiger partial charge in [0.2, 0.25) is 5.91 Å². The molecule has 1 aromatic rings. The lowest BCUT2D eigenvalue weighted by Gasteiger charge is -2.07. The van der Waals surface area contributed by atoms with Crippen LogP contribution in [0.3, 0.4) is 0 Å². The van der Waals surface area contributed by atoms with Crippen molar-refractivity contribution in [1.29, 1.82) is 0 Å². The standard InChI is InChI=1S/C14H18BrNO3/c1-3-19-13-6-5-12(15)10-11(13)4-7-14(17)16-8-9-18-2/h4-7,10H,3,8-9H2,1-2H3,(H,16,17)/b7-4+. The fourth-order valence-electron chi connectivity index (χ4n) is 1.44. The first-order chi connectivity index (χ1) is 9.17. The minimum atomic E-state index is -0.153. The van der Waals surface area contributed by atoms with E-state index < -0.39 is 0 Å². The number of benzene rings is 1. The summed E-state index contributed by atoms with van der Waals surface area (Å²) in [5.74, 6) is 0.603. The number of ether oxygens (including phenoxy) is 2. The molecule has 0 aliphatic carbocycles.